The average Bonchev–Trinajstić information content (AvgIpc) is 2.34. The van der Waals surface area contributed by atoms with Crippen LogP contribution in [0.1, 0.15) is 60.3 Å². The van der Waals surface area contributed by atoms with Crippen LogP contribution in [0.3, 0.4) is 0 Å². The molecule has 88 valence electrons. The fourth-order valence-electron chi connectivity index (χ4n) is 1.80. The van der Waals surface area contributed by atoms with Crippen molar-refractivity contribution in [3.05, 3.63) is 0 Å². The van der Waals surface area contributed by atoms with E-state index in [1.165, 1.54) is 25.7 Å². The monoisotopic (exact) mass is 211 g/mol. The molecule has 2 aliphatic rings. The summed E-state index contributed by atoms with van der Waals surface area (Å²) in [5.74, 6) is 0.855. The number of fused-ring (bicyclic) bond motifs is 1. The first-order chi connectivity index (χ1) is 7.36. The molecule has 0 spiro atoms. The standard InChI is InChI=1S/C8H13N3.2C2H6/c1-6-9-7-4-2-3-5-8(7)11-10-6;2*1-2/h7-8H,2-5H2,1H3;2*1-2H3. The van der Waals surface area contributed by atoms with Gasteiger partial charge in [-0.2, -0.15) is 5.11 Å². The molecule has 3 nitrogen and oxygen atoms in total. The van der Waals surface area contributed by atoms with Crippen molar-refractivity contribution < 1.29 is 0 Å². The fourth-order valence-corrected chi connectivity index (χ4v) is 1.80. The van der Waals surface area contributed by atoms with Crippen LogP contribution in [0, 0.1) is 0 Å². The molecule has 1 aliphatic carbocycles. The van der Waals surface area contributed by atoms with Crippen LogP contribution in [0.2, 0.25) is 0 Å². The summed E-state index contributed by atoms with van der Waals surface area (Å²) in [7, 11) is 0. The number of rotatable bonds is 0. The van der Waals surface area contributed by atoms with Gasteiger partial charge in [-0.15, -0.1) is 5.11 Å². The zero-order valence-electron chi connectivity index (χ0n) is 10.8. The van der Waals surface area contributed by atoms with Crippen LogP contribution in [-0.2, 0) is 0 Å². The van der Waals surface area contributed by atoms with Gasteiger partial charge in [0, 0.05) is 0 Å². The minimum absolute atomic E-state index is 0.410. The Balaban J connectivity index is 0.000000442. The number of nitrogens with zero attached hydrogens (tertiary/aromatic N) is 3. The summed E-state index contributed by atoms with van der Waals surface area (Å²) in [6, 6.07) is 0.869. The van der Waals surface area contributed by atoms with Crippen LogP contribution < -0.4 is 0 Å². The van der Waals surface area contributed by atoms with Crippen molar-refractivity contribution in [2.75, 3.05) is 0 Å². The summed E-state index contributed by atoms with van der Waals surface area (Å²) in [6.45, 7) is 9.92. The molecular weight excluding hydrogens is 186 g/mol. The zero-order valence-corrected chi connectivity index (χ0v) is 10.8. The second-order valence-corrected chi connectivity index (χ2v) is 3.31. The van der Waals surface area contributed by atoms with Crippen molar-refractivity contribution in [1.29, 1.82) is 0 Å². The molecule has 2 atom stereocenters. The molecule has 0 aromatic rings. The molecule has 0 aromatic heterocycles. The molecule has 2 rings (SSSR count). The Morgan fingerprint density at radius 3 is 2.07 bits per heavy atom. The molecule has 1 heterocycles. The fraction of sp³-hybridized carbons (Fsp3) is 0.917. The first kappa shape index (κ1) is 14.3. The third-order valence-corrected chi connectivity index (χ3v) is 2.40. The van der Waals surface area contributed by atoms with Gasteiger partial charge in [-0.1, -0.05) is 40.5 Å². The Bertz CT molecular complexity index is 209. The van der Waals surface area contributed by atoms with Gasteiger partial charge in [-0.25, -0.2) is 0 Å². The lowest BCUT2D eigenvalue weighted by molar-refractivity contribution is 0.371. The minimum Gasteiger partial charge on any atom is -0.263 e. The molecule has 0 aromatic carbocycles. The Labute approximate surface area is 94.1 Å². The van der Waals surface area contributed by atoms with Gasteiger partial charge in [0.15, 0.2) is 0 Å². The maximum Gasteiger partial charge on any atom is 0.142 e. The van der Waals surface area contributed by atoms with Crippen LogP contribution in [0.5, 0.6) is 0 Å². The first-order valence-corrected chi connectivity index (χ1v) is 6.31. The second-order valence-electron chi connectivity index (χ2n) is 3.31. The molecule has 1 aliphatic heterocycles. The van der Waals surface area contributed by atoms with Gasteiger partial charge >= 0.3 is 0 Å². The van der Waals surface area contributed by atoms with E-state index < -0.39 is 0 Å². The van der Waals surface area contributed by atoms with Crippen molar-refractivity contribution >= 4 is 5.84 Å². The third-order valence-electron chi connectivity index (χ3n) is 2.40. The Morgan fingerprint density at radius 1 is 0.933 bits per heavy atom. The zero-order chi connectivity index (χ0) is 11.7. The highest BCUT2D eigenvalue weighted by molar-refractivity contribution is 5.80. The molecule has 0 amide bonds. The highest BCUT2D eigenvalue weighted by Crippen LogP contribution is 2.26. The smallest absolute Gasteiger partial charge is 0.142 e. The quantitative estimate of drug-likeness (QED) is 0.575. The Morgan fingerprint density at radius 2 is 1.47 bits per heavy atom. The van der Waals surface area contributed by atoms with E-state index in [4.69, 9.17) is 0 Å². The highest BCUT2D eigenvalue weighted by atomic mass is 15.2. The Hall–Kier alpha value is -0.730. The Kier molecular flexibility index (Phi) is 8.15. The second kappa shape index (κ2) is 8.57. The summed E-state index contributed by atoms with van der Waals surface area (Å²) in [5.41, 5.74) is 0. The van der Waals surface area contributed by atoms with E-state index in [0.717, 1.165) is 5.84 Å². The molecule has 15 heavy (non-hydrogen) atoms. The molecule has 0 saturated heterocycles. The van der Waals surface area contributed by atoms with E-state index in [1.54, 1.807) is 0 Å². The lowest BCUT2D eigenvalue weighted by Crippen LogP contribution is -2.29. The van der Waals surface area contributed by atoms with E-state index in [0.29, 0.717) is 12.1 Å². The summed E-state index contributed by atoms with van der Waals surface area (Å²) in [5, 5.41) is 8.22. The van der Waals surface area contributed by atoms with Crippen LogP contribution in [-0.4, -0.2) is 17.9 Å². The molecule has 0 radical (unpaired) electrons. The topological polar surface area (TPSA) is 37.1 Å². The number of amidine groups is 1. The third kappa shape index (κ3) is 4.54. The molecule has 1 fully saturated rings. The molecule has 1 saturated carbocycles. The number of hydrogen-bond donors (Lipinski definition) is 0. The van der Waals surface area contributed by atoms with Crippen LogP contribution in [0.15, 0.2) is 15.2 Å². The molecule has 0 bridgehead atoms. The summed E-state index contributed by atoms with van der Waals surface area (Å²) < 4.78 is 0. The van der Waals surface area contributed by atoms with E-state index in [9.17, 15) is 0 Å². The van der Waals surface area contributed by atoms with Gasteiger partial charge in [0.05, 0.1) is 12.1 Å². The van der Waals surface area contributed by atoms with E-state index >= 15 is 0 Å². The van der Waals surface area contributed by atoms with Crippen molar-refractivity contribution in [3.63, 3.8) is 0 Å². The largest absolute Gasteiger partial charge is 0.263 e. The summed E-state index contributed by atoms with van der Waals surface area (Å²) in [6.07, 6.45) is 5.01. The van der Waals surface area contributed by atoms with Crippen LogP contribution in [0.25, 0.3) is 0 Å². The number of hydrogen-bond acceptors (Lipinski definition) is 3. The molecule has 0 N–H and O–H groups in total. The number of azo groups is 1. The van der Waals surface area contributed by atoms with Crippen molar-refractivity contribution in [2.24, 2.45) is 15.2 Å². The maximum absolute atomic E-state index is 4.46. The predicted octanol–water partition coefficient (Wildman–Crippen LogP) is 4.23. The van der Waals surface area contributed by atoms with E-state index in [1.807, 2.05) is 34.6 Å². The van der Waals surface area contributed by atoms with E-state index in [2.05, 4.69) is 15.2 Å². The van der Waals surface area contributed by atoms with Crippen LogP contribution in [0.4, 0.5) is 0 Å². The highest BCUT2D eigenvalue weighted by Gasteiger charge is 2.26. The van der Waals surface area contributed by atoms with Gasteiger partial charge in [0.25, 0.3) is 0 Å². The van der Waals surface area contributed by atoms with Gasteiger partial charge in [0.1, 0.15) is 5.84 Å². The maximum atomic E-state index is 4.46. The van der Waals surface area contributed by atoms with Gasteiger partial charge in [0.2, 0.25) is 0 Å². The average molecular weight is 211 g/mol. The van der Waals surface area contributed by atoms with E-state index in [-0.39, 0.29) is 0 Å². The molecule has 2 unspecified atom stereocenters. The van der Waals surface area contributed by atoms with Crippen molar-refractivity contribution in [1.82, 2.24) is 0 Å². The molecule has 3 heteroatoms. The molecular formula is C12H25N3. The number of aliphatic imine (C=N–C) groups is 1. The van der Waals surface area contributed by atoms with Crippen molar-refractivity contribution in [3.8, 4) is 0 Å². The van der Waals surface area contributed by atoms with Gasteiger partial charge in [-0.05, 0) is 19.8 Å². The summed E-state index contributed by atoms with van der Waals surface area (Å²) in [4.78, 5) is 4.46. The lowest BCUT2D eigenvalue weighted by atomic mass is 9.91. The van der Waals surface area contributed by atoms with Gasteiger partial charge < -0.3 is 0 Å². The first-order valence-electron chi connectivity index (χ1n) is 6.31. The summed E-state index contributed by atoms with van der Waals surface area (Å²) >= 11 is 0. The lowest BCUT2D eigenvalue weighted by Gasteiger charge is -2.26. The van der Waals surface area contributed by atoms with Crippen LogP contribution >= 0.6 is 0 Å². The SMILES string of the molecule is CC.CC.CC1=NC2CCCCC2N=N1. The van der Waals surface area contributed by atoms with Crippen molar-refractivity contribution in [2.45, 2.75) is 72.4 Å². The van der Waals surface area contributed by atoms with Gasteiger partial charge in [-0.3, -0.25) is 4.99 Å². The minimum atomic E-state index is 0.410. The predicted molar refractivity (Wildman–Crippen MR) is 66.7 cm³/mol. The normalized spacial score (nSPS) is 27.4.